The van der Waals surface area contributed by atoms with E-state index in [0.717, 1.165) is 25.0 Å². The van der Waals surface area contributed by atoms with Crippen molar-refractivity contribution in [2.45, 2.75) is 24.1 Å². The van der Waals surface area contributed by atoms with Crippen LogP contribution in [0, 0.1) is 17.6 Å². The average molecular weight is 372 g/mol. The molecule has 1 amide bonds. The minimum Gasteiger partial charge on any atom is -0.313 e. The van der Waals surface area contributed by atoms with E-state index in [-0.39, 0.29) is 34.3 Å². The van der Waals surface area contributed by atoms with Crippen LogP contribution in [0.4, 0.5) is 14.5 Å². The van der Waals surface area contributed by atoms with E-state index in [0.29, 0.717) is 5.17 Å². The summed E-state index contributed by atoms with van der Waals surface area (Å²) < 4.78 is 51.3. The quantitative estimate of drug-likeness (QED) is 0.794. The number of hydrogen-bond donors (Lipinski definition) is 0. The number of nitrogens with zero attached hydrogens (tertiary/aromatic N) is 2. The molecule has 1 aliphatic carbocycles. The Balaban J connectivity index is 1.76. The number of rotatable bonds is 2. The smallest absolute Gasteiger partial charge is 0.251 e. The molecule has 9 heteroatoms. The number of hydrogen-bond acceptors (Lipinski definition) is 4. The summed E-state index contributed by atoms with van der Waals surface area (Å²) in [6, 6.07) is 2.62. The van der Waals surface area contributed by atoms with Crippen LogP contribution >= 0.6 is 11.8 Å². The Bertz CT molecular complexity index is 852. The predicted molar refractivity (Wildman–Crippen MR) is 87.8 cm³/mol. The van der Waals surface area contributed by atoms with Crippen LogP contribution in [0.3, 0.4) is 0 Å². The lowest BCUT2D eigenvalue weighted by atomic mass is 10.2. The number of thioether (sulfide) groups is 1. The number of carbonyl (C=O) groups is 1. The van der Waals surface area contributed by atoms with Gasteiger partial charge >= 0.3 is 0 Å². The molecule has 3 aliphatic rings. The number of anilines is 1. The lowest BCUT2D eigenvalue weighted by Crippen LogP contribution is -2.38. The van der Waals surface area contributed by atoms with Crippen LogP contribution in [0.1, 0.15) is 12.8 Å². The number of sulfone groups is 1. The van der Waals surface area contributed by atoms with Crippen LogP contribution in [-0.4, -0.2) is 42.3 Å². The van der Waals surface area contributed by atoms with Crippen molar-refractivity contribution in [3.8, 4) is 0 Å². The maximum atomic E-state index is 14.3. The predicted octanol–water partition coefficient (Wildman–Crippen LogP) is 1.98. The number of halogens is 2. The highest BCUT2D eigenvalue weighted by atomic mass is 32.2. The number of fused-ring (bicyclic) bond motifs is 1. The largest absolute Gasteiger partial charge is 0.313 e. The molecular formula is C15H14F2N2O3S2. The summed E-state index contributed by atoms with van der Waals surface area (Å²) in [7, 11) is -3.22. The van der Waals surface area contributed by atoms with Crippen LogP contribution in [0.15, 0.2) is 23.2 Å². The summed E-state index contributed by atoms with van der Waals surface area (Å²) in [5, 5.41) is 0.00696. The summed E-state index contributed by atoms with van der Waals surface area (Å²) in [6.45, 7) is 0. The van der Waals surface area contributed by atoms with Gasteiger partial charge in [-0.15, -0.1) is 0 Å². The first-order valence-corrected chi connectivity index (χ1v) is 10.3. The van der Waals surface area contributed by atoms with Crippen molar-refractivity contribution in [3.05, 3.63) is 29.8 Å². The number of benzene rings is 1. The van der Waals surface area contributed by atoms with E-state index in [1.165, 1.54) is 22.7 Å². The van der Waals surface area contributed by atoms with E-state index in [4.69, 9.17) is 0 Å². The van der Waals surface area contributed by atoms with Gasteiger partial charge in [-0.25, -0.2) is 17.2 Å². The standard InChI is InChI=1S/C15H14F2N2O3S2/c16-9-3-4-11(10(17)5-9)19-12-6-24(21,22)7-13(12)23-15(19)18-14(20)8-1-2-8/h3-5,8,12-13H,1-2,6-7H2/t12-,13+/m0/s1. The van der Waals surface area contributed by atoms with Crippen molar-refractivity contribution in [1.82, 2.24) is 0 Å². The molecule has 0 radical (unpaired) electrons. The molecule has 1 aromatic carbocycles. The highest BCUT2D eigenvalue weighted by Crippen LogP contribution is 2.42. The van der Waals surface area contributed by atoms with Gasteiger partial charge in [0.15, 0.2) is 15.0 Å². The van der Waals surface area contributed by atoms with Gasteiger partial charge in [0.2, 0.25) is 0 Å². The first-order chi connectivity index (χ1) is 11.3. The number of amides is 1. The van der Waals surface area contributed by atoms with Crippen molar-refractivity contribution in [1.29, 1.82) is 0 Å². The normalized spacial score (nSPS) is 29.9. The minimum absolute atomic E-state index is 0.0295. The first-order valence-electron chi connectivity index (χ1n) is 7.58. The molecule has 2 saturated heterocycles. The topological polar surface area (TPSA) is 66.8 Å². The van der Waals surface area contributed by atoms with Gasteiger partial charge in [0.1, 0.15) is 11.6 Å². The van der Waals surface area contributed by atoms with Crippen LogP contribution in [-0.2, 0) is 14.6 Å². The van der Waals surface area contributed by atoms with Crippen LogP contribution in [0.5, 0.6) is 0 Å². The maximum absolute atomic E-state index is 14.3. The summed E-state index contributed by atoms with van der Waals surface area (Å²) in [5.41, 5.74) is 0.0517. The van der Waals surface area contributed by atoms with E-state index >= 15 is 0 Å². The Kier molecular flexibility index (Phi) is 3.68. The second-order valence-electron chi connectivity index (χ2n) is 6.27. The highest BCUT2D eigenvalue weighted by molar-refractivity contribution is 8.16. The summed E-state index contributed by atoms with van der Waals surface area (Å²) in [6.07, 6.45) is 1.60. The number of aliphatic imine (C=N–C) groups is 1. The third-order valence-corrected chi connectivity index (χ3v) is 7.58. The van der Waals surface area contributed by atoms with Gasteiger partial charge in [-0.05, 0) is 25.0 Å². The molecule has 2 atom stereocenters. The van der Waals surface area contributed by atoms with E-state index < -0.39 is 27.5 Å². The number of amidine groups is 1. The van der Waals surface area contributed by atoms with E-state index in [9.17, 15) is 22.0 Å². The Morgan fingerprint density at radius 1 is 1.25 bits per heavy atom. The summed E-state index contributed by atoms with van der Waals surface area (Å²) >= 11 is 1.19. The fourth-order valence-electron chi connectivity index (χ4n) is 3.04. The molecule has 0 N–H and O–H groups in total. The molecule has 2 aliphatic heterocycles. The third kappa shape index (κ3) is 2.83. The summed E-state index contributed by atoms with van der Waals surface area (Å²) in [5.74, 6) is -2.01. The van der Waals surface area contributed by atoms with Gasteiger partial charge in [0.05, 0.1) is 23.2 Å². The van der Waals surface area contributed by atoms with Gasteiger partial charge in [-0.3, -0.25) is 4.79 Å². The number of carbonyl (C=O) groups excluding carboxylic acids is 1. The average Bonchev–Trinajstić information content (AvgIpc) is 3.22. The van der Waals surface area contributed by atoms with Gasteiger partial charge in [-0.2, -0.15) is 4.99 Å². The van der Waals surface area contributed by atoms with E-state index in [2.05, 4.69) is 4.99 Å². The van der Waals surface area contributed by atoms with Crippen molar-refractivity contribution in [2.75, 3.05) is 16.4 Å². The van der Waals surface area contributed by atoms with E-state index in [1.807, 2.05) is 0 Å². The molecule has 128 valence electrons. The molecule has 5 nitrogen and oxygen atoms in total. The third-order valence-electron chi connectivity index (χ3n) is 4.37. The van der Waals surface area contributed by atoms with E-state index in [1.54, 1.807) is 0 Å². The lowest BCUT2D eigenvalue weighted by molar-refractivity contribution is -0.118. The molecule has 0 unspecified atom stereocenters. The highest BCUT2D eigenvalue weighted by Gasteiger charge is 2.50. The molecule has 0 spiro atoms. The van der Waals surface area contributed by atoms with Gasteiger partial charge in [0, 0.05) is 17.2 Å². The second kappa shape index (κ2) is 5.52. The molecule has 24 heavy (non-hydrogen) atoms. The minimum atomic E-state index is -3.22. The molecule has 1 saturated carbocycles. The Labute approximate surface area is 142 Å². The SMILES string of the molecule is O=C(N=C1S[C@@H]2CS(=O)(=O)C[C@@H]2N1c1ccc(F)cc1F)C1CC1. The molecule has 0 bridgehead atoms. The van der Waals surface area contributed by atoms with Gasteiger partial charge in [0.25, 0.3) is 5.91 Å². The van der Waals surface area contributed by atoms with Gasteiger partial charge in [-0.1, -0.05) is 11.8 Å². The molecule has 0 aromatic heterocycles. The summed E-state index contributed by atoms with van der Waals surface area (Å²) in [4.78, 5) is 17.6. The second-order valence-corrected chi connectivity index (χ2v) is 9.63. The van der Waals surface area contributed by atoms with Crippen molar-refractivity contribution in [3.63, 3.8) is 0 Å². The monoisotopic (exact) mass is 372 g/mol. The molecular weight excluding hydrogens is 358 g/mol. The zero-order valence-electron chi connectivity index (χ0n) is 12.5. The molecule has 3 fully saturated rings. The molecule has 1 aromatic rings. The fraction of sp³-hybridized carbons (Fsp3) is 0.467. The zero-order valence-corrected chi connectivity index (χ0v) is 14.1. The van der Waals surface area contributed by atoms with Crippen molar-refractivity contribution in [2.24, 2.45) is 10.9 Å². The zero-order chi connectivity index (χ0) is 17.1. The van der Waals surface area contributed by atoms with Crippen molar-refractivity contribution >= 4 is 38.4 Å². The Hall–Kier alpha value is -1.48. The van der Waals surface area contributed by atoms with Crippen LogP contribution < -0.4 is 4.90 Å². The van der Waals surface area contributed by atoms with Crippen LogP contribution in [0.25, 0.3) is 0 Å². The fourth-order valence-corrected chi connectivity index (χ4v) is 6.95. The van der Waals surface area contributed by atoms with Gasteiger partial charge < -0.3 is 4.90 Å². The first kappa shape index (κ1) is 16.0. The van der Waals surface area contributed by atoms with Crippen molar-refractivity contribution < 1.29 is 22.0 Å². The lowest BCUT2D eigenvalue weighted by Gasteiger charge is -2.24. The molecule has 2 heterocycles. The Morgan fingerprint density at radius 2 is 2.00 bits per heavy atom. The van der Waals surface area contributed by atoms with Crippen LogP contribution in [0.2, 0.25) is 0 Å². The molecule has 4 rings (SSSR count). The Morgan fingerprint density at radius 3 is 2.67 bits per heavy atom. The maximum Gasteiger partial charge on any atom is 0.251 e.